The maximum atomic E-state index is 9.80. The van der Waals surface area contributed by atoms with Gasteiger partial charge in [-0.2, -0.15) is 5.26 Å². The smallest absolute Gasteiger partial charge is 0.189 e. The van der Waals surface area contributed by atoms with Crippen LogP contribution in [0.4, 0.5) is 11.5 Å². The van der Waals surface area contributed by atoms with Gasteiger partial charge in [-0.15, -0.1) is 0 Å². The van der Waals surface area contributed by atoms with Gasteiger partial charge >= 0.3 is 0 Å². The van der Waals surface area contributed by atoms with Crippen molar-refractivity contribution in [1.82, 2.24) is 9.97 Å². The molecule has 0 amide bonds. The molecule has 0 atom stereocenters. The molecule has 1 N–H and O–H groups in total. The number of nitriles is 1. The van der Waals surface area contributed by atoms with E-state index >= 15 is 0 Å². The van der Waals surface area contributed by atoms with Crippen molar-refractivity contribution in [2.24, 2.45) is 0 Å². The second-order valence-corrected chi connectivity index (χ2v) is 6.94. The number of nitrogens with one attached hydrogen (secondary N) is 1. The highest BCUT2D eigenvalue weighted by atomic mass is 35.5. The number of halogens is 1. The van der Waals surface area contributed by atoms with Crippen molar-refractivity contribution in [2.75, 3.05) is 18.7 Å². The van der Waals surface area contributed by atoms with Crippen LogP contribution in [0, 0.1) is 18.3 Å². The van der Waals surface area contributed by atoms with Gasteiger partial charge in [-0.1, -0.05) is 53.2 Å². The minimum absolute atomic E-state index is 0.360. The van der Waals surface area contributed by atoms with Gasteiger partial charge in [0.25, 0.3) is 0 Å². The number of rotatable bonds is 5. The standard InChI is InChI=1S/C20H17ClN4OS/c1-12-4-6-13(7-5-12)18-15(11-22)19(25-20(24-18)27-3)23-16-10-14(21)8-9-17(16)26-2/h4-10H,1-3H3,(H,23,24,25). The third kappa shape index (κ3) is 4.16. The molecule has 0 saturated heterocycles. The van der Waals surface area contributed by atoms with E-state index in [2.05, 4.69) is 21.4 Å². The van der Waals surface area contributed by atoms with E-state index in [9.17, 15) is 5.26 Å². The van der Waals surface area contributed by atoms with Crippen LogP contribution in [0.1, 0.15) is 11.1 Å². The Labute approximate surface area is 167 Å². The van der Waals surface area contributed by atoms with Crippen LogP contribution in [0.2, 0.25) is 5.02 Å². The van der Waals surface area contributed by atoms with Crippen molar-refractivity contribution < 1.29 is 4.74 Å². The Morgan fingerprint density at radius 1 is 1.15 bits per heavy atom. The lowest BCUT2D eigenvalue weighted by Gasteiger charge is -2.14. The summed E-state index contributed by atoms with van der Waals surface area (Å²) < 4.78 is 5.38. The minimum atomic E-state index is 0.360. The maximum Gasteiger partial charge on any atom is 0.189 e. The van der Waals surface area contributed by atoms with Gasteiger partial charge in [0, 0.05) is 10.6 Å². The first-order valence-corrected chi connectivity index (χ1v) is 9.69. The predicted octanol–water partition coefficient (Wildman–Crippen LogP) is 5.45. The summed E-state index contributed by atoms with van der Waals surface area (Å²) in [6, 6.07) is 15.3. The summed E-state index contributed by atoms with van der Waals surface area (Å²) in [6.07, 6.45) is 1.89. The number of nitrogens with zero attached hydrogens (tertiary/aromatic N) is 3. The van der Waals surface area contributed by atoms with Gasteiger partial charge in [0.1, 0.15) is 17.4 Å². The zero-order valence-electron chi connectivity index (χ0n) is 15.1. The lowest BCUT2D eigenvalue weighted by molar-refractivity contribution is 0.417. The molecular formula is C20H17ClN4OS. The van der Waals surface area contributed by atoms with Crippen LogP contribution in [0.15, 0.2) is 47.6 Å². The second-order valence-electron chi connectivity index (χ2n) is 5.73. The molecule has 0 saturated carbocycles. The van der Waals surface area contributed by atoms with Gasteiger partial charge in [0.05, 0.1) is 18.5 Å². The topological polar surface area (TPSA) is 70.8 Å². The van der Waals surface area contributed by atoms with Crippen LogP contribution in [0.25, 0.3) is 11.3 Å². The first-order chi connectivity index (χ1) is 13.0. The minimum Gasteiger partial charge on any atom is -0.495 e. The number of methoxy groups -OCH3 is 1. The van der Waals surface area contributed by atoms with Crippen molar-refractivity contribution in [3.8, 4) is 23.1 Å². The highest BCUT2D eigenvalue weighted by molar-refractivity contribution is 7.98. The number of aryl methyl sites for hydroxylation is 1. The summed E-state index contributed by atoms with van der Waals surface area (Å²) in [5.74, 6) is 1.01. The average Bonchev–Trinajstić information content (AvgIpc) is 2.68. The summed E-state index contributed by atoms with van der Waals surface area (Å²) in [5.41, 5.74) is 3.57. The van der Waals surface area contributed by atoms with Crippen molar-refractivity contribution in [1.29, 1.82) is 5.26 Å². The zero-order chi connectivity index (χ0) is 19.4. The Morgan fingerprint density at radius 2 is 1.89 bits per heavy atom. The monoisotopic (exact) mass is 396 g/mol. The van der Waals surface area contributed by atoms with E-state index in [1.54, 1.807) is 25.3 Å². The lowest BCUT2D eigenvalue weighted by Crippen LogP contribution is -2.04. The molecule has 3 aromatic rings. The third-order valence-corrected chi connectivity index (χ3v) is 4.71. The number of hydrogen-bond donors (Lipinski definition) is 1. The molecular weight excluding hydrogens is 380 g/mol. The van der Waals surface area contributed by atoms with Gasteiger partial charge in [-0.05, 0) is 31.4 Å². The van der Waals surface area contributed by atoms with E-state index in [0.29, 0.717) is 38.7 Å². The zero-order valence-corrected chi connectivity index (χ0v) is 16.6. The van der Waals surface area contributed by atoms with Crippen molar-refractivity contribution in [2.45, 2.75) is 12.1 Å². The summed E-state index contributed by atoms with van der Waals surface area (Å²) in [6.45, 7) is 2.01. The Bertz CT molecular complexity index is 1020. The van der Waals surface area contributed by atoms with Gasteiger partial charge < -0.3 is 10.1 Å². The second kappa shape index (κ2) is 8.30. The third-order valence-electron chi connectivity index (χ3n) is 3.92. The lowest BCUT2D eigenvalue weighted by atomic mass is 10.1. The average molecular weight is 397 g/mol. The van der Waals surface area contributed by atoms with E-state index in [1.165, 1.54) is 11.8 Å². The molecule has 1 heterocycles. The van der Waals surface area contributed by atoms with Crippen LogP contribution in [-0.4, -0.2) is 23.3 Å². The molecule has 0 spiro atoms. The maximum absolute atomic E-state index is 9.80. The molecule has 7 heteroatoms. The summed E-state index contributed by atoms with van der Waals surface area (Å²) >= 11 is 7.53. The molecule has 0 radical (unpaired) electrons. The van der Waals surface area contributed by atoms with Crippen LogP contribution in [0.5, 0.6) is 5.75 Å². The van der Waals surface area contributed by atoms with E-state index in [1.807, 2.05) is 37.4 Å². The molecule has 5 nitrogen and oxygen atoms in total. The SMILES string of the molecule is COc1ccc(Cl)cc1Nc1nc(SC)nc(-c2ccc(C)cc2)c1C#N. The van der Waals surface area contributed by atoms with Crippen molar-refractivity contribution >= 4 is 34.9 Å². The van der Waals surface area contributed by atoms with Gasteiger partial charge in [-0.25, -0.2) is 9.97 Å². The molecule has 0 aliphatic heterocycles. The molecule has 2 aromatic carbocycles. The van der Waals surface area contributed by atoms with E-state index in [4.69, 9.17) is 16.3 Å². The number of thioether (sulfide) groups is 1. The highest BCUT2D eigenvalue weighted by Crippen LogP contribution is 2.34. The normalized spacial score (nSPS) is 10.3. The Balaban J connectivity index is 2.16. The van der Waals surface area contributed by atoms with E-state index in [-0.39, 0.29) is 0 Å². The molecule has 0 unspecified atom stereocenters. The van der Waals surface area contributed by atoms with Crippen molar-refractivity contribution in [3.05, 3.63) is 58.6 Å². The Morgan fingerprint density at radius 3 is 2.52 bits per heavy atom. The number of aromatic nitrogens is 2. The number of anilines is 2. The Hall–Kier alpha value is -2.75. The number of ether oxygens (including phenoxy) is 1. The molecule has 136 valence electrons. The van der Waals surface area contributed by atoms with Crippen LogP contribution in [-0.2, 0) is 0 Å². The molecule has 0 fully saturated rings. The first-order valence-electron chi connectivity index (χ1n) is 8.09. The largest absolute Gasteiger partial charge is 0.495 e. The number of benzene rings is 2. The quantitative estimate of drug-likeness (QED) is 0.456. The van der Waals surface area contributed by atoms with Crippen LogP contribution >= 0.6 is 23.4 Å². The molecule has 0 aliphatic carbocycles. The fraction of sp³-hybridized carbons (Fsp3) is 0.150. The molecule has 27 heavy (non-hydrogen) atoms. The molecule has 3 rings (SSSR count). The first kappa shape index (κ1) is 19.0. The van der Waals surface area contributed by atoms with Crippen LogP contribution in [0.3, 0.4) is 0 Å². The molecule has 1 aromatic heterocycles. The van der Waals surface area contributed by atoms with Gasteiger partial charge in [0.2, 0.25) is 0 Å². The fourth-order valence-corrected chi connectivity index (χ4v) is 3.09. The summed E-state index contributed by atoms with van der Waals surface area (Å²) in [4.78, 5) is 9.04. The number of hydrogen-bond acceptors (Lipinski definition) is 6. The predicted molar refractivity (Wildman–Crippen MR) is 110 cm³/mol. The fourth-order valence-electron chi connectivity index (χ4n) is 2.55. The Kier molecular flexibility index (Phi) is 5.84. The van der Waals surface area contributed by atoms with Crippen LogP contribution < -0.4 is 10.1 Å². The molecule has 0 aliphatic rings. The highest BCUT2D eigenvalue weighted by Gasteiger charge is 2.17. The van der Waals surface area contributed by atoms with E-state index < -0.39 is 0 Å². The summed E-state index contributed by atoms with van der Waals surface area (Å²) in [7, 11) is 1.57. The molecule has 0 bridgehead atoms. The van der Waals surface area contributed by atoms with Crippen molar-refractivity contribution in [3.63, 3.8) is 0 Å². The van der Waals surface area contributed by atoms with Gasteiger partial charge in [-0.3, -0.25) is 0 Å². The van der Waals surface area contributed by atoms with Gasteiger partial charge in [0.15, 0.2) is 11.0 Å². The van der Waals surface area contributed by atoms with E-state index in [0.717, 1.165) is 11.1 Å². The summed E-state index contributed by atoms with van der Waals surface area (Å²) in [5, 5.41) is 14.1.